The zero-order valence-electron chi connectivity index (χ0n) is 10.3. The van der Waals surface area contributed by atoms with Gasteiger partial charge in [0.05, 0.1) is 17.6 Å². The van der Waals surface area contributed by atoms with Crippen LogP contribution in [0.25, 0.3) is 17.1 Å². The Morgan fingerprint density at radius 3 is 2.58 bits per heavy atom. The summed E-state index contributed by atoms with van der Waals surface area (Å²) >= 11 is 5.92. The van der Waals surface area contributed by atoms with E-state index in [0.29, 0.717) is 10.8 Å². The fourth-order valence-corrected chi connectivity index (χ4v) is 2.03. The van der Waals surface area contributed by atoms with E-state index >= 15 is 0 Å². The third kappa shape index (κ3) is 2.35. The van der Waals surface area contributed by atoms with Gasteiger partial charge in [0.2, 0.25) is 0 Å². The van der Waals surface area contributed by atoms with Crippen LogP contribution in [-0.4, -0.2) is 19.7 Å². The van der Waals surface area contributed by atoms with Gasteiger partial charge in [-0.2, -0.15) is 5.10 Å². The molecule has 0 atom stereocenters. The van der Waals surface area contributed by atoms with Crippen LogP contribution in [-0.2, 0) is 0 Å². The first-order valence-electron chi connectivity index (χ1n) is 5.83. The van der Waals surface area contributed by atoms with Gasteiger partial charge in [-0.25, -0.2) is 9.67 Å². The van der Waals surface area contributed by atoms with Gasteiger partial charge in [0, 0.05) is 23.0 Å². The second kappa shape index (κ2) is 4.82. The molecule has 4 nitrogen and oxygen atoms in total. The molecule has 0 saturated heterocycles. The molecule has 3 aromatic rings. The van der Waals surface area contributed by atoms with E-state index in [2.05, 4.69) is 15.1 Å². The number of aromatic nitrogens is 4. The maximum Gasteiger partial charge on any atom is 0.172 e. The molecule has 0 bridgehead atoms. The van der Waals surface area contributed by atoms with Crippen LogP contribution in [0.2, 0.25) is 5.02 Å². The molecule has 0 unspecified atom stereocenters. The average Bonchev–Trinajstić information content (AvgIpc) is 2.83. The Kier molecular flexibility index (Phi) is 3.01. The number of hydrogen-bond acceptors (Lipinski definition) is 3. The maximum atomic E-state index is 5.92. The lowest BCUT2D eigenvalue weighted by Gasteiger charge is -2.06. The van der Waals surface area contributed by atoms with Gasteiger partial charge in [0.1, 0.15) is 0 Å². The SMILES string of the molecule is Cc1cc(-c2ccc(Cl)cc2)n(-c2cnccn2)n1. The highest BCUT2D eigenvalue weighted by Gasteiger charge is 2.10. The van der Waals surface area contributed by atoms with Crippen molar-refractivity contribution < 1.29 is 0 Å². The van der Waals surface area contributed by atoms with Crippen LogP contribution in [0.4, 0.5) is 0 Å². The van der Waals surface area contributed by atoms with Crippen molar-refractivity contribution in [1.29, 1.82) is 0 Å². The summed E-state index contributed by atoms with van der Waals surface area (Å²) in [4.78, 5) is 8.35. The van der Waals surface area contributed by atoms with Crippen molar-refractivity contribution in [3.8, 4) is 17.1 Å². The van der Waals surface area contributed by atoms with Gasteiger partial charge in [0.25, 0.3) is 0 Å². The summed E-state index contributed by atoms with van der Waals surface area (Å²) in [6.45, 7) is 1.95. The van der Waals surface area contributed by atoms with Crippen LogP contribution in [0.15, 0.2) is 48.9 Å². The second-order valence-electron chi connectivity index (χ2n) is 4.15. The van der Waals surface area contributed by atoms with Crippen molar-refractivity contribution in [3.05, 3.63) is 59.6 Å². The van der Waals surface area contributed by atoms with E-state index in [1.165, 1.54) is 0 Å². The minimum atomic E-state index is 0.695. The molecule has 0 aliphatic heterocycles. The van der Waals surface area contributed by atoms with E-state index in [-0.39, 0.29) is 0 Å². The molecule has 94 valence electrons. The molecule has 0 spiro atoms. The molecular weight excluding hydrogens is 260 g/mol. The third-order valence-electron chi connectivity index (χ3n) is 2.74. The summed E-state index contributed by atoms with van der Waals surface area (Å²) in [7, 11) is 0. The Hall–Kier alpha value is -2.20. The van der Waals surface area contributed by atoms with E-state index in [4.69, 9.17) is 11.6 Å². The first-order valence-corrected chi connectivity index (χ1v) is 6.21. The maximum absolute atomic E-state index is 5.92. The second-order valence-corrected chi connectivity index (χ2v) is 4.59. The summed E-state index contributed by atoms with van der Waals surface area (Å²) < 4.78 is 1.78. The van der Waals surface area contributed by atoms with Crippen LogP contribution < -0.4 is 0 Å². The van der Waals surface area contributed by atoms with Crippen LogP contribution in [0.1, 0.15) is 5.69 Å². The van der Waals surface area contributed by atoms with Crippen molar-refractivity contribution in [2.45, 2.75) is 6.92 Å². The highest BCUT2D eigenvalue weighted by atomic mass is 35.5. The fraction of sp³-hybridized carbons (Fsp3) is 0.0714. The van der Waals surface area contributed by atoms with E-state index in [0.717, 1.165) is 17.0 Å². The zero-order chi connectivity index (χ0) is 13.2. The van der Waals surface area contributed by atoms with Gasteiger partial charge in [0.15, 0.2) is 5.82 Å². The van der Waals surface area contributed by atoms with Crippen molar-refractivity contribution in [1.82, 2.24) is 19.7 Å². The highest BCUT2D eigenvalue weighted by molar-refractivity contribution is 6.30. The van der Waals surface area contributed by atoms with Gasteiger partial charge >= 0.3 is 0 Å². The Morgan fingerprint density at radius 2 is 1.89 bits per heavy atom. The monoisotopic (exact) mass is 270 g/mol. The van der Waals surface area contributed by atoms with Crippen LogP contribution in [0.5, 0.6) is 0 Å². The molecule has 0 saturated carbocycles. The highest BCUT2D eigenvalue weighted by Crippen LogP contribution is 2.24. The lowest BCUT2D eigenvalue weighted by atomic mass is 10.1. The number of aryl methyl sites for hydroxylation is 1. The quantitative estimate of drug-likeness (QED) is 0.718. The van der Waals surface area contributed by atoms with Crippen molar-refractivity contribution >= 4 is 11.6 Å². The summed E-state index contributed by atoms with van der Waals surface area (Å²) in [5, 5.41) is 5.17. The summed E-state index contributed by atoms with van der Waals surface area (Å²) in [5.74, 6) is 0.695. The molecule has 0 fully saturated rings. The number of nitrogens with zero attached hydrogens (tertiary/aromatic N) is 4. The number of halogens is 1. The van der Waals surface area contributed by atoms with Gasteiger partial charge in [-0.1, -0.05) is 23.7 Å². The molecular formula is C14H11ClN4. The Bertz CT molecular complexity index is 689. The molecule has 0 amide bonds. The minimum absolute atomic E-state index is 0.695. The molecule has 2 heterocycles. The molecule has 0 aliphatic carbocycles. The molecule has 0 radical (unpaired) electrons. The zero-order valence-corrected chi connectivity index (χ0v) is 11.0. The third-order valence-corrected chi connectivity index (χ3v) is 2.99. The van der Waals surface area contributed by atoms with Gasteiger partial charge in [-0.3, -0.25) is 4.98 Å². The predicted molar refractivity (Wildman–Crippen MR) is 74.3 cm³/mol. The van der Waals surface area contributed by atoms with Crippen LogP contribution in [0, 0.1) is 6.92 Å². The summed E-state index contributed by atoms with van der Waals surface area (Å²) in [5.41, 5.74) is 2.93. The molecule has 5 heteroatoms. The van der Waals surface area contributed by atoms with Gasteiger partial charge in [-0.15, -0.1) is 0 Å². The number of hydrogen-bond donors (Lipinski definition) is 0. The fourth-order valence-electron chi connectivity index (χ4n) is 1.90. The minimum Gasteiger partial charge on any atom is -0.259 e. The first-order chi connectivity index (χ1) is 9.24. The van der Waals surface area contributed by atoms with E-state index in [1.807, 2.05) is 37.3 Å². The predicted octanol–water partition coefficient (Wildman–Crippen LogP) is 3.29. The topological polar surface area (TPSA) is 43.6 Å². The Balaban J connectivity index is 2.15. The Labute approximate surface area is 115 Å². The van der Waals surface area contributed by atoms with E-state index < -0.39 is 0 Å². The number of rotatable bonds is 2. The van der Waals surface area contributed by atoms with E-state index in [1.54, 1.807) is 23.3 Å². The van der Waals surface area contributed by atoms with E-state index in [9.17, 15) is 0 Å². The normalized spacial score (nSPS) is 10.6. The molecule has 2 aromatic heterocycles. The first kappa shape index (κ1) is 11.9. The largest absolute Gasteiger partial charge is 0.259 e. The van der Waals surface area contributed by atoms with Crippen LogP contribution >= 0.6 is 11.6 Å². The smallest absolute Gasteiger partial charge is 0.172 e. The standard InChI is InChI=1S/C14H11ClN4/c1-10-8-13(11-2-4-12(15)5-3-11)19(18-10)14-9-16-6-7-17-14/h2-9H,1H3. The lowest BCUT2D eigenvalue weighted by Crippen LogP contribution is -2.02. The molecule has 0 aliphatic rings. The van der Waals surface area contributed by atoms with Crippen molar-refractivity contribution in [3.63, 3.8) is 0 Å². The molecule has 19 heavy (non-hydrogen) atoms. The molecule has 3 rings (SSSR count). The van der Waals surface area contributed by atoms with Crippen molar-refractivity contribution in [2.24, 2.45) is 0 Å². The summed E-state index contributed by atoms with van der Waals surface area (Å²) in [6, 6.07) is 9.66. The Morgan fingerprint density at radius 1 is 1.11 bits per heavy atom. The number of benzene rings is 1. The van der Waals surface area contributed by atoms with Crippen molar-refractivity contribution in [2.75, 3.05) is 0 Å². The average molecular weight is 271 g/mol. The molecule has 0 N–H and O–H groups in total. The van der Waals surface area contributed by atoms with Crippen LogP contribution in [0.3, 0.4) is 0 Å². The van der Waals surface area contributed by atoms with Gasteiger partial charge in [-0.05, 0) is 25.1 Å². The summed E-state index contributed by atoms with van der Waals surface area (Å²) in [6.07, 6.45) is 4.98. The lowest BCUT2D eigenvalue weighted by molar-refractivity contribution is 0.830. The molecule has 1 aromatic carbocycles. The van der Waals surface area contributed by atoms with Gasteiger partial charge < -0.3 is 0 Å².